The lowest BCUT2D eigenvalue weighted by molar-refractivity contribution is -0.121. The molecule has 0 bridgehead atoms. The zero-order valence-electron chi connectivity index (χ0n) is 13.4. The maximum atomic E-state index is 12.7. The third-order valence-corrected chi connectivity index (χ3v) is 5.33. The number of carbonyl (C=O) groups is 2. The van der Waals surface area contributed by atoms with Gasteiger partial charge in [0.15, 0.2) is 0 Å². The summed E-state index contributed by atoms with van der Waals surface area (Å²) in [7, 11) is 0. The van der Waals surface area contributed by atoms with E-state index < -0.39 is 6.04 Å². The molecule has 0 radical (unpaired) electrons. The smallest absolute Gasteiger partial charge is 0.264 e. The number of hydrogen-bond donors (Lipinski definition) is 1. The number of amides is 2. The normalized spacial score (nSPS) is 17.0. The first-order valence-corrected chi connectivity index (χ1v) is 9.21. The summed E-state index contributed by atoms with van der Waals surface area (Å²) in [6.45, 7) is 0.572. The molecular weight excluding hydrogens is 358 g/mol. The Hall–Kier alpha value is -2.36. The number of thiophene rings is 1. The van der Waals surface area contributed by atoms with Crippen LogP contribution in [0.15, 0.2) is 35.7 Å². The molecule has 1 aromatic heterocycles. The molecule has 1 aliphatic heterocycles. The zero-order valence-corrected chi connectivity index (χ0v) is 14.9. The molecule has 5 nitrogen and oxygen atoms in total. The monoisotopic (exact) mass is 373 g/mol. The number of benzene rings is 1. The number of halogens is 1. The second kappa shape index (κ2) is 7.68. The van der Waals surface area contributed by atoms with Crippen LogP contribution in [0.3, 0.4) is 0 Å². The molecular formula is C18H16ClN3O2S. The number of nitrogens with zero attached hydrogens (tertiary/aromatic N) is 2. The minimum Gasteiger partial charge on any atom is -0.326 e. The molecule has 3 rings (SSSR count). The van der Waals surface area contributed by atoms with Crippen LogP contribution in [-0.2, 0) is 4.79 Å². The van der Waals surface area contributed by atoms with E-state index in [2.05, 4.69) is 5.32 Å². The molecule has 1 unspecified atom stereocenters. The zero-order chi connectivity index (χ0) is 17.8. The number of hydrogen-bond acceptors (Lipinski definition) is 4. The molecule has 0 spiro atoms. The third kappa shape index (κ3) is 3.84. The van der Waals surface area contributed by atoms with Gasteiger partial charge >= 0.3 is 0 Å². The van der Waals surface area contributed by atoms with Crippen molar-refractivity contribution in [3.63, 3.8) is 0 Å². The molecule has 0 saturated carbocycles. The van der Waals surface area contributed by atoms with Crippen molar-refractivity contribution in [1.82, 2.24) is 4.90 Å². The number of nitrogens with one attached hydrogen (secondary N) is 1. The van der Waals surface area contributed by atoms with Crippen LogP contribution in [0.4, 0.5) is 5.69 Å². The molecule has 1 saturated heterocycles. The standard InChI is InChI=1S/C18H16ClN3O2S/c19-14-10-13(7-6-12(14)11-20)21-17(23)15-4-1-2-8-22(15)18(24)16-5-3-9-25-16/h3,5-7,9-10,15H,1-2,4,8H2,(H,21,23). The minimum absolute atomic E-state index is 0.104. The Morgan fingerprint density at radius 2 is 2.16 bits per heavy atom. The lowest BCUT2D eigenvalue weighted by atomic mass is 10.0. The van der Waals surface area contributed by atoms with Crippen molar-refractivity contribution in [2.75, 3.05) is 11.9 Å². The van der Waals surface area contributed by atoms with Crippen LogP contribution in [0.1, 0.15) is 34.5 Å². The van der Waals surface area contributed by atoms with Gasteiger partial charge < -0.3 is 10.2 Å². The number of piperidine rings is 1. The van der Waals surface area contributed by atoms with E-state index in [4.69, 9.17) is 16.9 Å². The van der Waals surface area contributed by atoms with E-state index in [0.717, 1.165) is 12.8 Å². The molecule has 25 heavy (non-hydrogen) atoms. The summed E-state index contributed by atoms with van der Waals surface area (Å²) in [5.74, 6) is -0.335. The second-order valence-corrected chi connectivity index (χ2v) is 7.14. The van der Waals surface area contributed by atoms with Crippen LogP contribution in [-0.4, -0.2) is 29.3 Å². The van der Waals surface area contributed by atoms with Gasteiger partial charge in [-0.25, -0.2) is 0 Å². The topological polar surface area (TPSA) is 73.2 Å². The van der Waals surface area contributed by atoms with Crippen LogP contribution in [0, 0.1) is 11.3 Å². The minimum atomic E-state index is -0.502. The first-order chi connectivity index (χ1) is 12.1. The Bertz CT molecular complexity index is 829. The molecule has 2 aromatic rings. The van der Waals surface area contributed by atoms with E-state index in [1.807, 2.05) is 17.5 Å². The van der Waals surface area contributed by atoms with Crippen molar-refractivity contribution in [2.45, 2.75) is 25.3 Å². The van der Waals surface area contributed by atoms with Crippen LogP contribution in [0.5, 0.6) is 0 Å². The highest BCUT2D eigenvalue weighted by molar-refractivity contribution is 7.12. The Labute approximate surface area is 154 Å². The van der Waals surface area contributed by atoms with Gasteiger partial charge in [-0.2, -0.15) is 5.26 Å². The first-order valence-electron chi connectivity index (χ1n) is 7.95. The van der Waals surface area contributed by atoms with Crippen LogP contribution in [0.25, 0.3) is 0 Å². The fourth-order valence-electron chi connectivity index (χ4n) is 2.90. The predicted molar refractivity (Wildman–Crippen MR) is 97.8 cm³/mol. The Kier molecular flexibility index (Phi) is 5.37. The van der Waals surface area contributed by atoms with E-state index in [9.17, 15) is 9.59 Å². The van der Waals surface area contributed by atoms with Gasteiger partial charge in [0.2, 0.25) is 5.91 Å². The average molecular weight is 374 g/mol. The predicted octanol–water partition coefficient (Wildman–Crippen LogP) is 3.91. The lowest BCUT2D eigenvalue weighted by Crippen LogP contribution is -2.49. The number of rotatable bonds is 3. The number of likely N-dealkylation sites (tertiary alicyclic amines) is 1. The molecule has 0 aliphatic carbocycles. The highest BCUT2D eigenvalue weighted by Crippen LogP contribution is 2.24. The van der Waals surface area contributed by atoms with Gasteiger partial charge in [-0.15, -0.1) is 11.3 Å². The Morgan fingerprint density at radius 1 is 1.32 bits per heavy atom. The van der Waals surface area contributed by atoms with Crippen molar-refractivity contribution < 1.29 is 9.59 Å². The molecule has 7 heteroatoms. The SMILES string of the molecule is N#Cc1ccc(NC(=O)C2CCCCN2C(=O)c2cccs2)cc1Cl. The van der Waals surface area contributed by atoms with Crippen molar-refractivity contribution in [2.24, 2.45) is 0 Å². The summed E-state index contributed by atoms with van der Waals surface area (Å²) in [5.41, 5.74) is 0.870. The van der Waals surface area contributed by atoms with Gasteiger partial charge in [-0.1, -0.05) is 17.7 Å². The quantitative estimate of drug-likeness (QED) is 0.886. The summed E-state index contributed by atoms with van der Waals surface area (Å²) in [6.07, 6.45) is 2.43. The average Bonchev–Trinajstić information content (AvgIpc) is 3.16. The van der Waals surface area contributed by atoms with Gasteiger partial charge in [-0.3, -0.25) is 9.59 Å². The van der Waals surface area contributed by atoms with E-state index >= 15 is 0 Å². The molecule has 1 atom stereocenters. The van der Waals surface area contributed by atoms with Gasteiger partial charge in [0.1, 0.15) is 12.1 Å². The number of nitriles is 1. The first kappa shape index (κ1) is 17.5. The van der Waals surface area contributed by atoms with E-state index in [-0.39, 0.29) is 16.8 Å². The highest BCUT2D eigenvalue weighted by Gasteiger charge is 2.33. The van der Waals surface area contributed by atoms with Gasteiger partial charge in [0, 0.05) is 12.2 Å². The summed E-state index contributed by atoms with van der Waals surface area (Å²) in [5, 5.41) is 13.9. The fraction of sp³-hybridized carbons (Fsp3) is 0.278. The van der Waals surface area contributed by atoms with E-state index in [1.54, 1.807) is 29.2 Å². The van der Waals surface area contributed by atoms with Crippen molar-refractivity contribution in [3.8, 4) is 6.07 Å². The van der Waals surface area contributed by atoms with E-state index in [1.165, 1.54) is 11.3 Å². The third-order valence-electron chi connectivity index (χ3n) is 4.16. The Morgan fingerprint density at radius 3 is 2.84 bits per heavy atom. The van der Waals surface area contributed by atoms with E-state index in [0.29, 0.717) is 29.1 Å². The molecule has 1 N–H and O–H groups in total. The highest BCUT2D eigenvalue weighted by atomic mass is 35.5. The Balaban J connectivity index is 1.76. The maximum Gasteiger partial charge on any atom is 0.264 e. The molecule has 1 aromatic carbocycles. The van der Waals surface area contributed by atoms with Crippen molar-refractivity contribution in [3.05, 3.63) is 51.2 Å². The fourth-order valence-corrected chi connectivity index (χ4v) is 3.80. The number of carbonyl (C=O) groups excluding carboxylic acids is 2. The summed E-state index contributed by atoms with van der Waals surface area (Å²) in [6, 6.07) is 9.83. The summed E-state index contributed by atoms with van der Waals surface area (Å²) in [4.78, 5) is 27.7. The lowest BCUT2D eigenvalue weighted by Gasteiger charge is -2.34. The van der Waals surface area contributed by atoms with Gasteiger partial charge in [-0.05, 0) is 48.9 Å². The van der Waals surface area contributed by atoms with Crippen LogP contribution < -0.4 is 5.32 Å². The second-order valence-electron chi connectivity index (χ2n) is 5.78. The molecule has 1 fully saturated rings. The summed E-state index contributed by atoms with van der Waals surface area (Å²) < 4.78 is 0. The maximum absolute atomic E-state index is 12.7. The van der Waals surface area contributed by atoms with Crippen LogP contribution in [0.2, 0.25) is 5.02 Å². The van der Waals surface area contributed by atoms with Gasteiger partial charge in [0.05, 0.1) is 15.5 Å². The summed E-state index contributed by atoms with van der Waals surface area (Å²) >= 11 is 7.39. The molecule has 128 valence electrons. The van der Waals surface area contributed by atoms with Gasteiger partial charge in [0.25, 0.3) is 5.91 Å². The number of anilines is 1. The van der Waals surface area contributed by atoms with Crippen molar-refractivity contribution in [1.29, 1.82) is 5.26 Å². The van der Waals surface area contributed by atoms with Crippen molar-refractivity contribution >= 4 is 40.4 Å². The largest absolute Gasteiger partial charge is 0.326 e. The molecule has 1 aliphatic rings. The molecule has 2 heterocycles. The molecule has 2 amide bonds. The van der Waals surface area contributed by atoms with Crippen LogP contribution >= 0.6 is 22.9 Å².